The average molecular weight is 617 g/mol. The number of phenolic OH excluding ortho intramolecular Hbond substituents is 1. The molecular formula is C34H48O10. The molecule has 10 nitrogen and oxygen atoms in total. The van der Waals surface area contributed by atoms with E-state index in [9.17, 15) is 24.6 Å². The fraction of sp³-hybridized carbons (Fsp3) is 0.559. The zero-order valence-corrected chi connectivity index (χ0v) is 27.2. The third-order valence-corrected chi connectivity index (χ3v) is 7.08. The lowest BCUT2D eigenvalue weighted by Gasteiger charge is -2.42. The highest BCUT2D eigenvalue weighted by molar-refractivity contribution is 5.68. The third-order valence-electron chi connectivity index (χ3n) is 7.08. The number of carbonyl (C=O) groups excluding carboxylic acids is 3. The molecule has 1 heterocycles. The van der Waals surface area contributed by atoms with Crippen LogP contribution in [0.25, 0.3) is 0 Å². The highest BCUT2D eigenvalue weighted by Crippen LogP contribution is 2.33. The Hall–Kier alpha value is -3.63. The second-order valence-electron chi connectivity index (χ2n) is 11.5. The fourth-order valence-corrected chi connectivity index (χ4v) is 4.72. The minimum Gasteiger partial charge on any atom is -0.508 e. The topological polar surface area (TPSA) is 138 Å². The lowest BCUT2D eigenvalue weighted by atomic mass is 9.98. The van der Waals surface area contributed by atoms with Gasteiger partial charge in [-0.2, -0.15) is 0 Å². The minimum atomic E-state index is -1.57. The highest BCUT2D eigenvalue weighted by Gasteiger charge is 2.51. The smallest absolute Gasteiger partial charge is 0.303 e. The number of hydrogen-bond acceptors (Lipinski definition) is 10. The minimum absolute atomic E-state index is 0.0823. The summed E-state index contributed by atoms with van der Waals surface area (Å²) in [7, 11) is 0. The number of aryl methyl sites for hydroxylation is 1. The standard InChI is InChI=1S/C34H48O10/c1-20(2)11-9-12-21(3)13-10-14-22(4)15-16-27-18-28(38)23(5)17-29(27)43-34-31(39)33(42-26(8)37)32(41-25(7)36)30(44-34)19-40-24(6)35/h11,13,15,17-18,30-34,38-39H,9-10,12,14,16,19H2,1-8H3/b21-13+,22-15+/t30-,31-,32+,33-,34?/m1/s1. The molecule has 5 atom stereocenters. The normalized spacial score (nSPS) is 22.2. The average Bonchev–Trinajstić information content (AvgIpc) is 2.91. The van der Waals surface area contributed by atoms with E-state index in [4.69, 9.17) is 23.7 Å². The second kappa shape index (κ2) is 17.6. The molecule has 244 valence electrons. The SMILES string of the molecule is CC(=O)OC[C@H]1OC(Oc2cc(C)c(O)cc2C/C=C(\C)CC/C=C(\C)CCC=C(C)C)[C@H](O)[C@@H](OC(C)=O)[C@H]1OC(C)=O. The number of ether oxygens (including phenoxy) is 5. The van der Waals surface area contributed by atoms with Crippen LogP contribution in [0.4, 0.5) is 0 Å². The van der Waals surface area contributed by atoms with Gasteiger partial charge in [0, 0.05) is 26.3 Å². The molecule has 10 heteroatoms. The number of allylic oxidation sites excluding steroid dienone is 6. The van der Waals surface area contributed by atoms with E-state index in [0.717, 1.165) is 39.5 Å². The fourth-order valence-electron chi connectivity index (χ4n) is 4.72. The van der Waals surface area contributed by atoms with Crippen LogP contribution in [0.2, 0.25) is 0 Å². The molecule has 1 aliphatic rings. The Kier molecular flexibility index (Phi) is 14.6. The van der Waals surface area contributed by atoms with Crippen LogP contribution in [-0.4, -0.2) is 65.4 Å². The first-order valence-electron chi connectivity index (χ1n) is 14.9. The van der Waals surface area contributed by atoms with E-state index < -0.39 is 48.6 Å². The number of hydrogen-bond donors (Lipinski definition) is 2. The van der Waals surface area contributed by atoms with Gasteiger partial charge in [0.25, 0.3) is 0 Å². The molecule has 2 N–H and O–H groups in total. The molecule has 1 saturated heterocycles. The van der Waals surface area contributed by atoms with Crippen molar-refractivity contribution in [2.24, 2.45) is 0 Å². The lowest BCUT2D eigenvalue weighted by Crippen LogP contribution is -2.62. The van der Waals surface area contributed by atoms with Crippen LogP contribution in [0.15, 0.2) is 47.1 Å². The maximum atomic E-state index is 11.9. The van der Waals surface area contributed by atoms with Gasteiger partial charge in [-0.05, 0) is 84.4 Å². The number of benzene rings is 1. The Bertz CT molecular complexity index is 1240. The predicted molar refractivity (Wildman–Crippen MR) is 165 cm³/mol. The molecule has 1 aliphatic heterocycles. The van der Waals surface area contributed by atoms with Crippen LogP contribution in [0, 0.1) is 6.92 Å². The monoisotopic (exact) mass is 616 g/mol. The van der Waals surface area contributed by atoms with Gasteiger partial charge < -0.3 is 33.9 Å². The van der Waals surface area contributed by atoms with E-state index in [1.54, 1.807) is 19.1 Å². The van der Waals surface area contributed by atoms with Crippen molar-refractivity contribution in [3.63, 3.8) is 0 Å². The first-order chi connectivity index (χ1) is 20.7. The Morgan fingerprint density at radius 3 is 2.02 bits per heavy atom. The van der Waals surface area contributed by atoms with Gasteiger partial charge in [0.15, 0.2) is 18.3 Å². The summed E-state index contributed by atoms with van der Waals surface area (Å²) in [5, 5.41) is 21.6. The molecule has 0 bridgehead atoms. The summed E-state index contributed by atoms with van der Waals surface area (Å²) in [5.41, 5.74) is 5.02. The molecule has 0 saturated carbocycles. The number of aliphatic hydroxyl groups is 1. The number of esters is 3. The number of phenols is 1. The van der Waals surface area contributed by atoms with Gasteiger partial charge in [-0.25, -0.2) is 0 Å². The summed E-state index contributed by atoms with van der Waals surface area (Å²) in [5.74, 6) is -1.61. The Morgan fingerprint density at radius 1 is 0.841 bits per heavy atom. The third kappa shape index (κ3) is 12.2. The van der Waals surface area contributed by atoms with Crippen molar-refractivity contribution in [1.82, 2.24) is 0 Å². The summed E-state index contributed by atoms with van der Waals surface area (Å²) in [6, 6.07) is 3.22. The van der Waals surface area contributed by atoms with Crippen molar-refractivity contribution >= 4 is 17.9 Å². The molecule has 1 fully saturated rings. The van der Waals surface area contributed by atoms with Crippen molar-refractivity contribution in [1.29, 1.82) is 0 Å². The Balaban J connectivity index is 2.26. The zero-order valence-electron chi connectivity index (χ0n) is 27.2. The first-order valence-corrected chi connectivity index (χ1v) is 14.9. The van der Waals surface area contributed by atoms with Crippen molar-refractivity contribution in [3.05, 3.63) is 58.2 Å². The van der Waals surface area contributed by atoms with Crippen LogP contribution in [0.5, 0.6) is 11.5 Å². The summed E-state index contributed by atoms with van der Waals surface area (Å²) >= 11 is 0. The number of aromatic hydroxyl groups is 1. The summed E-state index contributed by atoms with van der Waals surface area (Å²) in [6.45, 7) is 13.3. The molecular weight excluding hydrogens is 568 g/mol. The van der Waals surface area contributed by atoms with Gasteiger partial charge in [-0.3, -0.25) is 14.4 Å². The van der Waals surface area contributed by atoms with Crippen molar-refractivity contribution in [2.45, 2.75) is 118 Å². The maximum absolute atomic E-state index is 11.9. The first kappa shape index (κ1) is 36.6. The highest BCUT2D eigenvalue weighted by atomic mass is 16.7. The predicted octanol–water partition coefficient (Wildman–Crippen LogP) is 5.55. The molecule has 2 rings (SSSR count). The Morgan fingerprint density at radius 2 is 1.43 bits per heavy atom. The van der Waals surface area contributed by atoms with Crippen LogP contribution in [0.3, 0.4) is 0 Å². The Labute approximate surface area is 260 Å². The lowest BCUT2D eigenvalue weighted by molar-refractivity contribution is -0.285. The van der Waals surface area contributed by atoms with Crippen LogP contribution < -0.4 is 4.74 Å². The summed E-state index contributed by atoms with van der Waals surface area (Å²) in [6.07, 6.45) is 4.17. The van der Waals surface area contributed by atoms with Gasteiger partial charge in [-0.1, -0.05) is 34.9 Å². The van der Waals surface area contributed by atoms with Crippen molar-refractivity contribution in [2.75, 3.05) is 6.61 Å². The molecule has 0 aromatic heterocycles. The molecule has 0 radical (unpaired) electrons. The van der Waals surface area contributed by atoms with Crippen LogP contribution in [-0.2, 0) is 39.8 Å². The van der Waals surface area contributed by atoms with Crippen LogP contribution >= 0.6 is 0 Å². The maximum Gasteiger partial charge on any atom is 0.303 e. The van der Waals surface area contributed by atoms with Gasteiger partial charge in [-0.15, -0.1) is 0 Å². The van der Waals surface area contributed by atoms with E-state index in [0.29, 0.717) is 23.3 Å². The van der Waals surface area contributed by atoms with Crippen molar-refractivity contribution in [3.8, 4) is 11.5 Å². The summed E-state index contributed by atoms with van der Waals surface area (Å²) < 4.78 is 27.8. The van der Waals surface area contributed by atoms with Gasteiger partial charge in [0.1, 0.15) is 24.2 Å². The van der Waals surface area contributed by atoms with Gasteiger partial charge in [0.2, 0.25) is 6.29 Å². The van der Waals surface area contributed by atoms with E-state index in [1.165, 1.54) is 23.6 Å². The molecule has 1 aromatic rings. The van der Waals surface area contributed by atoms with E-state index in [1.807, 2.05) is 6.92 Å². The van der Waals surface area contributed by atoms with Crippen molar-refractivity contribution < 1.29 is 48.3 Å². The zero-order chi connectivity index (χ0) is 33.0. The van der Waals surface area contributed by atoms with E-state index >= 15 is 0 Å². The second-order valence-corrected chi connectivity index (χ2v) is 11.5. The molecule has 0 aliphatic carbocycles. The quantitative estimate of drug-likeness (QED) is 0.155. The van der Waals surface area contributed by atoms with E-state index in [2.05, 4.69) is 39.0 Å². The van der Waals surface area contributed by atoms with E-state index in [-0.39, 0.29) is 12.4 Å². The number of rotatable bonds is 14. The number of aliphatic hydroxyl groups excluding tert-OH is 1. The molecule has 0 amide bonds. The van der Waals surface area contributed by atoms with Gasteiger partial charge >= 0.3 is 17.9 Å². The molecule has 1 unspecified atom stereocenters. The molecule has 1 aromatic carbocycles. The van der Waals surface area contributed by atoms with Gasteiger partial charge in [0.05, 0.1) is 0 Å². The largest absolute Gasteiger partial charge is 0.508 e. The molecule has 0 spiro atoms. The summed E-state index contributed by atoms with van der Waals surface area (Å²) in [4.78, 5) is 35.3. The number of carbonyl (C=O) groups is 3. The molecule has 44 heavy (non-hydrogen) atoms. The van der Waals surface area contributed by atoms with Crippen LogP contribution in [0.1, 0.15) is 85.3 Å².